The van der Waals surface area contributed by atoms with Gasteiger partial charge in [0.1, 0.15) is 5.75 Å². The molecule has 0 radical (unpaired) electrons. The molecule has 0 aliphatic rings. The Balaban J connectivity index is 2.41. The van der Waals surface area contributed by atoms with E-state index in [0.29, 0.717) is 5.75 Å². The summed E-state index contributed by atoms with van der Waals surface area (Å²) < 4.78 is 0. The summed E-state index contributed by atoms with van der Waals surface area (Å²) in [5.74, 6) is 0.325. The van der Waals surface area contributed by atoms with Crippen LogP contribution >= 0.6 is 0 Å². The highest BCUT2D eigenvalue weighted by Gasteiger charge is 1.93. The molecule has 0 spiro atoms. The van der Waals surface area contributed by atoms with Gasteiger partial charge >= 0.3 is 0 Å². The van der Waals surface area contributed by atoms with Gasteiger partial charge in [-0.05, 0) is 37.2 Å². The van der Waals surface area contributed by atoms with Crippen molar-refractivity contribution in [3.8, 4) is 5.75 Å². The zero-order chi connectivity index (χ0) is 9.68. The summed E-state index contributed by atoms with van der Waals surface area (Å²) in [7, 11) is 3.87. The van der Waals surface area contributed by atoms with Crippen LogP contribution in [-0.4, -0.2) is 23.1 Å². The number of phenols is 1. The minimum atomic E-state index is 0.325. The van der Waals surface area contributed by atoms with Crippen LogP contribution in [-0.2, 0) is 6.42 Å². The van der Waals surface area contributed by atoms with Crippen LogP contribution in [0.1, 0.15) is 12.5 Å². The second kappa shape index (κ2) is 4.87. The van der Waals surface area contributed by atoms with E-state index < -0.39 is 0 Å². The van der Waals surface area contributed by atoms with Crippen molar-refractivity contribution in [2.75, 3.05) is 13.1 Å². The van der Waals surface area contributed by atoms with E-state index in [0.717, 1.165) is 19.5 Å². The van der Waals surface area contributed by atoms with Crippen molar-refractivity contribution in [1.29, 1.82) is 0 Å². The molecule has 0 saturated carbocycles. The van der Waals surface area contributed by atoms with E-state index in [2.05, 4.69) is 14.0 Å². The fraction of sp³-hybridized carbons (Fsp3) is 0.364. The quantitative estimate of drug-likeness (QED) is 0.713. The number of rotatable bonds is 4. The maximum Gasteiger partial charge on any atom is 0.115 e. The first kappa shape index (κ1) is 10.1. The second-order valence-electron chi connectivity index (χ2n) is 3.13. The molecule has 0 unspecified atom stereocenters. The van der Waals surface area contributed by atoms with Crippen molar-refractivity contribution in [2.24, 2.45) is 0 Å². The Morgan fingerprint density at radius 2 is 1.92 bits per heavy atom. The van der Waals surface area contributed by atoms with Crippen LogP contribution < -0.4 is 0 Å². The molecule has 1 rings (SSSR count). The van der Waals surface area contributed by atoms with Crippen molar-refractivity contribution in [1.82, 2.24) is 4.90 Å². The van der Waals surface area contributed by atoms with Crippen LogP contribution in [0.2, 0.25) is 0 Å². The number of aromatic hydroxyl groups is 1. The average molecular weight is 178 g/mol. The highest BCUT2D eigenvalue weighted by molar-refractivity contribution is 5.25. The van der Waals surface area contributed by atoms with Crippen LogP contribution in [0.4, 0.5) is 0 Å². The maximum atomic E-state index is 9.06. The Bertz CT molecular complexity index is 243. The third-order valence-electron chi connectivity index (χ3n) is 2.10. The Hall–Kier alpha value is -1.02. The summed E-state index contributed by atoms with van der Waals surface area (Å²) in [5, 5.41) is 9.06. The Morgan fingerprint density at radius 3 is 2.46 bits per heavy atom. The highest BCUT2D eigenvalue weighted by atomic mass is 16.3. The normalized spacial score (nSPS) is 10.7. The molecule has 72 valence electrons. The lowest BCUT2D eigenvalue weighted by Crippen LogP contribution is -2.17. The second-order valence-corrected chi connectivity index (χ2v) is 3.13. The molecular weight excluding hydrogens is 162 g/mol. The van der Waals surface area contributed by atoms with Gasteiger partial charge in [0.2, 0.25) is 0 Å². The smallest absolute Gasteiger partial charge is 0.115 e. The number of hydrogen-bond acceptors (Lipinski definition) is 2. The third kappa shape index (κ3) is 3.47. The van der Waals surface area contributed by atoms with E-state index in [1.807, 2.05) is 17.0 Å². The van der Waals surface area contributed by atoms with Gasteiger partial charge < -0.3 is 10.0 Å². The monoisotopic (exact) mass is 178 g/mol. The molecule has 0 fully saturated rings. The van der Waals surface area contributed by atoms with Crippen LogP contribution in [0.25, 0.3) is 0 Å². The molecule has 0 aliphatic heterocycles. The van der Waals surface area contributed by atoms with Gasteiger partial charge in [0.15, 0.2) is 0 Å². The highest BCUT2D eigenvalue weighted by Crippen LogP contribution is 2.10. The number of nitrogens with zero attached hydrogens (tertiary/aromatic N) is 1. The standard InChI is InChI=1S/C11H16NO/c1-3-12(2)9-8-10-4-6-11(13)7-5-10/h4-7,13H,2-3,8-9H2,1H3/q-1. The van der Waals surface area contributed by atoms with Crippen molar-refractivity contribution in [3.63, 3.8) is 0 Å². The number of likely N-dealkylation sites (N-methyl/N-ethyl adjacent to an activating group) is 1. The van der Waals surface area contributed by atoms with E-state index in [1.165, 1.54) is 5.56 Å². The first-order chi connectivity index (χ1) is 6.22. The van der Waals surface area contributed by atoms with E-state index in [-0.39, 0.29) is 0 Å². The summed E-state index contributed by atoms with van der Waals surface area (Å²) in [5.41, 5.74) is 1.24. The first-order valence-electron chi connectivity index (χ1n) is 4.55. The van der Waals surface area contributed by atoms with Gasteiger partial charge in [-0.3, -0.25) is 7.05 Å². The molecule has 0 aliphatic carbocycles. The summed E-state index contributed by atoms with van der Waals surface area (Å²) >= 11 is 0. The van der Waals surface area contributed by atoms with Crippen molar-refractivity contribution in [3.05, 3.63) is 36.9 Å². The Kier molecular flexibility index (Phi) is 3.77. The predicted molar refractivity (Wildman–Crippen MR) is 54.4 cm³/mol. The van der Waals surface area contributed by atoms with Gasteiger partial charge in [-0.25, -0.2) is 0 Å². The maximum absolute atomic E-state index is 9.06. The lowest BCUT2D eigenvalue weighted by atomic mass is 10.1. The summed E-state index contributed by atoms with van der Waals surface area (Å²) in [4.78, 5) is 2.02. The molecule has 0 aromatic heterocycles. The van der Waals surface area contributed by atoms with Crippen molar-refractivity contribution < 1.29 is 5.11 Å². The summed E-state index contributed by atoms with van der Waals surface area (Å²) in [6.45, 7) is 4.02. The number of phenolic OH excluding ortho intramolecular Hbond substituents is 1. The van der Waals surface area contributed by atoms with Crippen LogP contribution in [0, 0.1) is 7.05 Å². The van der Waals surface area contributed by atoms with Gasteiger partial charge in [-0.1, -0.05) is 19.1 Å². The van der Waals surface area contributed by atoms with Gasteiger partial charge in [-0.2, -0.15) is 0 Å². The van der Waals surface area contributed by atoms with E-state index in [1.54, 1.807) is 12.1 Å². The summed E-state index contributed by atoms with van der Waals surface area (Å²) in [6.07, 6.45) is 0.984. The van der Waals surface area contributed by atoms with E-state index in [9.17, 15) is 0 Å². The molecule has 0 heterocycles. The molecule has 2 nitrogen and oxygen atoms in total. The zero-order valence-corrected chi connectivity index (χ0v) is 8.03. The minimum absolute atomic E-state index is 0.325. The van der Waals surface area contributed by atoms with Crippen molar-refractivity contribution in [2.45, 2.75) is 13.3 Å². The molecule has 1 aromatic rings. The number of hydrogen-bond donors (Lipinski definition) is 1. The molecule has 0 saturated heterocycles. The molecule has 13 heavy (non-hydrogen) atoms. The molecule has 1 aromatic carbocycles. The third-order valence-corrected chi connectivity index (χ3v) is 2.10. The summed E-state index contributed by atoms with van der Waals surface area (Å²) in [6, 6.07) is 7.32. The van der Waals surface area contributed by atoms with Crippen LogP contribution in [0.3, 0.4) is 0 Å². The number of benzene rings is 1. The van der Waals surface area contributed by atoms with Crippen LogP contribution in [0.5, 0.6) is 5.75 Å². The van der Waals surface area contributed by atoms with Gasteiger partial charge in [0.05, 0.1) is 0 Å². The molecule has 0 atom stereocenters. The fourth-order valence-corrected chi connectivity index (χ4v) is 1.11. The molecule has 1 N–H and O–H groups in total. The zero-order valence-electron chi connectivity index (χ0n) is 8.03. The molecule has 2 heteroatoms. The largest absolute Gasteiger partial charge is 0.508 e. The first-order valence-corrected chi connectivity index (χ1v) is 4.55. The predicted octanol–water partition coefficient (Wildman–Crippen LogP) is 2.05. The molecular formula is C11H16NO-. The lowest BCUT2D eigenvalue weighted by molar-refractivity contribution is 0.395. The van der Waals surface area contributed by atoms with Gasteiger partial charge in [0.25, 0.3) is 0 Å². The van der Waals surface area contributed by atoms with Crippen molar-refractivity contribution >= 4 is 0 Å². The van der Waals surface area contributed by atoms with E-state index >= 15 is 0 Å². The Morgan fingerprint density at radius 1 is 1.31 bits per heavy atom. The molecule has 0 bridgehead atoms. The fourth-order valence-electron chi connectivity index (χ4n) is 1.11. The SMILES string of the molecule is [CH2-]N(CC)CCc1ccc(O)cc1. The molecule has 0 amide bonds. The van der Waals surface area contributed by atoms with Gasteiger partial charge in [0, 0.05) is 0 Å². The van der Waals surface area contributed by atoms with Crippen LogP contribution in [0.15, 0.2) is 24.3 Å². The minimum Gasteiger partial charge on any atom is -0.508 e. The van der Waals surface area contributed by atoms with E-state index in [4.69, 9.17) is 5.11 Å². The lowest BCUT2D eigenvalue weighted by Gasteiger charge is -2.22. The Labute approximate surface area is 79.8 Å². The van der Waals surface area contributed by atoms with Gasteiger partial charge in [-0.15, -0.1) is 0 Å². The average Bonchev–Trinajstić information content (AvgIpc) is 2.16. The topological polar surface area (TPSA) is 23.5 Å².